The molecule has 0 aromatic carbocycles. The highest BCUT2D eigenvalue weighted by Crippen LogP contribution is 2.31. The van der Waals surface area contributed by atoms with E-state index in [9.17, 15) is 4.79 Å². The van der Waals surface area contributed by atoms with Crippen molar-refractivity contribution >= 4 is 5.91 Å². The lowest BCUT2D eigenvalue weighted by Gasteiger charge is -2.44. The predicted octanol–water partition coefficient (Wildman–Crippen LogP) is 1.51. The summed E-state index contributed by atoms with van der Waals surface area (Å²) < 4.78 is 5.47. The van der Waals surface area contributed by atoms with Crippen molar-refractivity contribution in [2.24, 2.45) is 5.73 Å². The molecular formula is C16H33N3O2. The number of nitrogens with one attached hydrogen (secondary N) is 1. The van der Waals surface area contributed by atoms with E-state index >= 15 is 0 Å². The smallest absolute Gasteiger partial charge is 0.237 e. The normalized spacial score (nSPS) is 26.5. The molecule has 1 aliphatic rings. The van der Waals surface area contributed by atoms with E-state index in [1.54, 1.807) is 0 Å². The quantitative estimate of drug-likeness (QED) is 0.633. The number of rotatable bonds is 9. The van der Waals surface area contributed by atoms with Crippen molar-refractivity contribution in [3.63, 3.8) is 0 Å². The van der Waals surface area contributed by atoms with Crippen LogP contribution in [-0.2, 0) is 9.53 Å². The van der Waals surface area contributed by atoms with Crippen LogP contribution in [0, 0.1) is 0 Å². The molecule has 0 aromatic heterocycles. The number of hydrogen-bond acceptors (Lipinski definition) is 4. The fourth-order valence-electron chi connectivity index (χ4n) is 3.46. The molecule has 5 nitrogen and oxygen atoms in total. The van der Waals surface area contributed by atoms with Crippen molar-refractivity contribution in [2.45, 2.75) is 71.0 Å². The van der Waals surface area contributed by atoms with Crippen LogP contribution >= 0.6 is 0 Å². The van der Waals surface area contributed by atoms with E-state index in [4.69, 9.17) is 10.5 Å². The van der Waals surface area contributed by atoms with Gasteiger partial charge in [-0.3, -0.25) is 9.69 Å². The van der Waals surface area contributed by atoms with Gasteiger partial charge in [-0.1, -0.05) is 6.92 Å². The van der Waals surface area contributed by atoms with Gasteiger partial charge >= 0.3 is 0 Å². The number of ether oxygens (including phenoxy) is 1. The van der Waals surface area contributed by atoms with Crippen LogP contribution in [-0.4, -0.2) is 54.7 Å². The Balaban J connectivity index is 2.72. The van der Waals surface area contributed by atoms with Crippen LogP contribution in [0.3, 0.4) is 0 Å². The average Bonchev–Trinajstić information content (AvgIpc) is 2.43. The monoisotopic (exact) mass is 299 g/mol. The summed E-state index contributed by atoms with van der Waals surface area (Å²) >= 11 is 0. The lowest BCUT2D eigenvalue weighted by atomic mass is 9.77. The van der Waals surface area contributed by atoms with Gasteiger partial charge in [-0.15, -0.1) is 0 Å². The standard InChI is InChI=1S/C16H33N3O2/c1-5-19(10-11-21-6-2)14-8-7-9-16(12-14,15(17)20)18-13(3)4/h13-14,18H,5-12H2,1-4H3,(H2,17,20). The molecule has 0 radical (unpaired) electrons. The molecule has 1 amide bonds. The molecule has 5 heteroatoms. The highest BCUT2D eigenvalue weighted by molar-refractivity contribution is 5.85. The largest absolute Gasteiger partial charge is 0.380 e. The van der Waals surface area contributed by atoms with Gasteiger partial charge in [0.1, 0.15) is 0 Å². The minimum absolute atomic E-state index is 0.207. The van der Waals surface area contributed by atoms with E-state index < -0.39 is 5.54 Å². The van der Waals surface area contributed by atoms with Crippen LogP contribution in [0.25, 0.3) is 0 Å². The number of nitrogens with two attached hydrogens (primary N) is 1. The van der Waals surface area contributed by atoms with Gasteiger partial charge < -0.3 is 15.8 Å². The molecular weight excluding hydrogens is 266 g/mol. The first-order valence-corrected chi connectivity index (χ1v) is 8.34. The molecule has 21 heavy (non-hydrogen) atoms. The van der Waals surface area contributed by atoms with Gasteiger partial charge in [0.2, 0.25) is 5.91 Å². The third-order valence-electron chi connectivity index (χ3n) is 4.41. The zero-order valence-electron chi connectivity index (χ0n) is 14.2. The van der Waals surface area contributed by atoms with Crippen LogP contribution in [0.4, 0.5) is 0 Å². The van der Waals surface area contributed by atoms with Crippen molar-refractivity contribution < 1.29 is 9.53 Å². The fraction of sp³-hybridized carbons (Fsp3) is 0.938. The summed E-state index contributed by atoms with van der Waals surface area (Å²) in [5.74, 6) is -0.207. The van der Waals surface area contributed by atoms with E-state index in [0.29, 0.717) is 6.04 Å². The highest BCUT2D eigenvalue weighted by atomic mass is 16.5. The highest BCUT2D eigenvalue weighted by Gasteiger charge is 2.42. The van der Waals surface area contributed by atoms with E-state index in [2.05, 4.69) is 31.0 Å². The van der Waals surface area contributed by atoms with Gasteiger partial charge in [0, 0.05) is 25.2 Å². The van der Waals surface area contributed by atoms with Gasteiger partial charge in [-0.05, 0) is 53.0 Å². The summed E-state index contributed by atoms with van der Waals surface area (Å²) in [6.45, 7) is 11.7. The Hall–Kier alpha value is -0.650. The summed E-state index contributed by atoms with van der Waals surface area (Å²) in [5, 5.41) is 3.44. The van der Waals surface area contributed by atoms with Gasteiger partial charge in [0.25, 0.3) is 0 Å². The maximum Gasteiger partial charge on any atom is 0.237 e. The molecule has 0 bridgehead atoms. The molecule has 3 N–H and O–H groups in total. The zero-order chi connectivity index (χ0) is 15.9. The third-order valence-corrected chi connectivity index (χ3v) is 4.41. The van der Waals surface area contributed by atoms with E-state index in [0.717, 1.165) is 52.0 Å². The van der Waals surface area contributed by atoms with Crippen molar-refractivity contribution in [1.29, 1.82) is 0 Å². The summed E-state index contributed by atoms with van der Waals surface area (Å²) in [7, 11) is 0. The molecule has 124 valence electrons. The minimum Gasteiger partial charge on any atom is -0.380 e. The molecule has 2 unspecified atom stereocenters. The van der Waals surface area contributed by atoms with Gasteiger partial charge in [-0.2, -0.15) is 0 Å². The summed E-state index contributed by atoms with van der Waals surface area (Å²) in [6, 6.07) is 0.665. The number of nitrogens with zero attached hydrogens (tertiary/aromatic N) is 1. The molecule has 0 aromatic rings. The van der Waals surface area contributed by atoms with E-state index in [1.165, 1.54) is 0 Å². The molecule has 1 rings (SSSR count). The number of amides is 1. The molecule has 1 saturated carbocycles. The zero-order valence-corrected chi connectivity index (χ0v) is 14.2. The average molecular weight is 299 g/mol. The van der Waals surface area contributed by atoms with Gasteiger partial charge in [-0.25, -0.2) is 0 Å². The summed E-state index contributed by atoms with van der Waals surface area (Å²) in [5.41, 5.74) is 5.19. The van der Waals surface area contributed by atoms with E-state index in [1.807, 2.05) is 6.92 Å². The fourth-order valence-corrected chi connectivity index (χ4v) is 3.46. The van der Waals surface area contributed by atoms with Crippen LogP contribution in [0.15, 0.2) is 0 Å². The van der Waals surface area contributed by atoms with Crippen molar-refractivity contribution in [3.8, 4) is 0 Å². The number of primary amides is 1. The first-order valence-electron chi connectivity index (χ1n) is 8.34. The molecule has 0 spiro atoms. The van der Waals surface area contributed by atoms with Crippen LogP contribution < -0.4 is 11.1 Å². The van der Waals surface area contributed by atoms with Crippen molar-refractivity contribution in [2.75, 3.05) is 26.3 Å². The Bertz CT molecular complexity index is 323. The number of carbonyl (C=O) groups is 1. The first-order chi connectivity index (χ1) is 9.95. The summed E-state index contributed by atoms with van der Waals surface area (Å²) in [6.07, 6.45) is 3.83. The van der Waals surface area contributed by atoms with Crippen LogP contribution in [0.5, 0.6) is 0 Å². The van der Waals surface area contributed by atoms with Crippen LogP contribution in [0.2, 0.25) is 0 Å². The number of likely N-dealkylation sites (N-methyl/N-ethyl adjacent to an activating group) is 1. The second-order valence-electron chi connectivity index (χ2n) is 6.32. The topological polar surface area (TPSA) is 67.6 Å². The second-order valence-corrected chi connectivity index (χ2v) is 6.32. The maximum atomic E-state index is 12.0. The Morgan fingerprint density at radius 1 is 1.48 bits per heavy atom. The Morgan fingerprint density at radius 3 is 2.71 bits per heavy atom. The minimum atomic E-state index is -0.546. The summed E-state index contributed by atoms with van der Waals surface area (Å²) in [4.78, 5) is 14.5. The van der Waals surface area contributed by atoms with Gasteiger partial charge in [0.05, 0.1) is 12.1 Å². The number of carbonyl (C=O) groups excluding carboxylic acids is 1. The lowest BCUT2D eigenvalue weighted by Crippen LogP contribution is -2.62. The van der Waals surface area contributed by atoms with Crippen molar-refractivity contribution in [1.82, 2.24) is 10.2 Å². The molecule has 0 aliphatic heterocycles. The van der Waals surface area contributed by atoms with E-state index in [-0.39, 0.29) is 11.9 Å². The molecule has 1 aliphatic carbocycles. The van der Waals surface area contributed by atoms with Crippen LogP contribution in [0.1, 0.15) is 53.4 Å². The predicted molar refractivity (Wildman–Crippen MR) is 86.2 cm³/mol. The Morgan fingerprint density at radius 2 is 2.19 bits per heavy atom. The molecule has 2 atom stereocenters. The first kappa shape index (κ1) is 18.4. The Labute approximate surface area is 129 Å². The molecule has 1 fully saturated rings. The number of hydrogen-bond donors (Lipinski definition) is 2. The second kappa shape index (κ2) is 8.71. The maximum absolute atomic E-state index is 12.0. The molecule has 0 heterocycles. The van der Waals surface area contributed by atoms with Gasteiger partial charge in [0.15, 0.2) is 0 Å². The third kappa shape index (κ3) is 5.24. The molecule has 0 saturated heterocycles. The van der Waals surface area contributed by atoms with Crippen molar-refractivity contribution in [3.05, 3.63) is 0 Å². The lowest BCUT2D eigenvalue weighted by molar-refractivity contribution is -0.127. The SMILES string of the molecule is CCOCCN(CC)C1CCCC(NC(C)C)(C(N)=O)C1. The Kier molecular flexibility index (Phi) is 7.63.